The van der Waals surface area contributed by atoms with E-state index >= 15 is 0 Å². The second kappa shape index (κ2) is 7.71. The average molecular weight is 227 g/mol. The van der Waals surface area contributed by atoms with E-state index in [-0.39, 0.29) is 12.8 Å². The number of aliphatic carboxylic acids is 2. The standard InChI is InChI=1S/C11H17NO4/c1-2-3-4-5-6-8(10(13)14)7-9(12)11(15)16/h8-9H,2-3,6-7,12H2,1H3,(H,13,14)(H,15,16)/t8-,9+/m1/s1. The Morgan fingerprint density at radius 2 is 1.88 bits per heavy atom. The van der Waals surface area contributed by atoms with Crippen molar-refractivity contribution in [1.29, 1.82) is 0 Å². The van der Waals surface area contributed by atoms with E-state index in [1.807, 2.05) is 6.92 Å². The number of rotatable bonds is 6. The summed E-state index contributed by atoms with van der Waals surface area (Å²) in [5.74, 6) is 2.50. The maximum atomic E-state index is 10.8. The molecule has 2 atom stereocenters. The normalized spacial score (nSPS) is 13.4. The zero-order chi connectivity index (χ0) is 12.6. The summed E-state index contributed by atoms with van der Waals surface area (Å²) in [5.41, 5.74) is 5.27. The lowest BCUT2D eigenvalue weighted by atomic mass is 9.97. The first-order valence-corrected chi connectivity index (χ1v) is 5.16. The Balaban J connectivity index is 4.25. The van der Waals surface area contributed by atoms with Crippen LogP contribution in [0.25, 0.3) is 0 Å². The molecule has 0 radical (unpaired) electrons. The van der Waals surface area contributed by atoms with Crippen molar-refractivity contribution in [2.45, 2.75) is 38.6 Å². The van der Waals surface area contributed by atoms with Gasteiger partial charge in [-0.15, -0.1) is 11.8 Å². The molecular formula is C11H17NO4. The molecule has 0 aromatic heterocycles. The van der Waals surface area contributed by atoms with Crippen LogP contribution in [0, 0.1) is 17.8 Å². The molecule has 0 unspecified atom stereocenters. The van der Waals surface area contributed by atoms with Crippen LogP contribution in [0.4, 0.5) is 0 Å². The molecule has 0 aromatic rings. The van der Waals surface area contributed by atoms with Crippen LogP contribution in [0.1, 0.15) is 32.6 Å². The van der Waals surface area contributed by atoms with Crippen LogP contribution < -0.4 is 5.73 Å². The molecule has 0 aliphatic rings. The summed E-state index contributed by atoms with van der Waals surface area (Å²) in [6.45, 7) is 1.98. The van der Waals surface area contributed by atoms with Gasteiger partial charge in [0.05, 0.1) is 5.92 Å². The van der Waals surface area contributed by atoms with Gasteiger partial charge in [-0.1, -0.05) is 6.92 Å². The predicted molar refractivity (Wildman–Crippen MR) is 58.7 cm³/mol. The maximum absolute atomic E-state index is 10.8. The van der Waals surface area contributed by atoms with Crippen molar-refractivity contribution < 1.29 is 19.8 Å². The molecule has 0 aliphatic heterocycles. The minimum Gasteiger partial charge on any atom is -0.481 e. The Bertz CT molecular complexity index is 303. The monoisotopic (exact) mass is 227 g/mol. The molecule has 5 nitrogen and oxygen atoms in total. The topological polar surface area (TPSA) is 101 Å². The second-order valence-corrected chi connectivity index (χ2v) is 3.52. The van der Waals surface area contributed by atoms with E-state index in [1.54, 1.807) is 0 Å². The number of carboxylic acid groups (broad SMARTS) is 2. The molecule has 16 heavy (non-hydrogen) atoms. The molecule has 0 fully saturated rings. The Morgan fingerprint density at radius 1 is 1.25 bits per heavy atom. The molecule has 5 heteroatoms. The lowest BCUT2D eigenvalue weighted by molar-refractivity contribution is -0.143. The van der Waals surface area contributed by atoms with E-state index in [2.05, 4.69) is 11.8 Å². The minimum absolute atomic E-state index is 0.0918. The fourth-order valence-corrected chi connectivity index (χ4v) is 1.09. The van der Waals surface area contributed by atoms with Gasteiger partial charge in [-0.05, 0) is 12.8 Å². The summed E-state index contributed by atoms with van der Waals surface area (Å²) in [6.07, 6.45) is 1.69. The molecule has 0 bridgehead atoms. The molecular weight excluding hydrogens is 210 g/mol. The highest BCUT2D eigenvalue weighted by Crippen LogP contribution is 2.10. The van der Waals surface area contributed by atoms with Crippen molar-refractivity contribution in [3.8, 4) is 11.8 Å². The number of carboxylic acids is 2. The maximum Gasteiger partial charge on any atom is 0.320 e. The van der Waals surface area contributed by atoms with Gasteiger partial charge < -0.3 is 15.9 Å². The van der Waals surface area contributed by atoms with Crippen LogP contribution in [-0.2, 0) is 9.59 Å². The zero-order valence-electron chi connectivity index (χ0n) is 9.27. The van der Waals surface area contributed by atoms with E-state index < -0.39 is 23.9 Å². The Morgan fingerprint density at radius 3 is 2.31 bits per heavy atom. The Hall–Kier alpha value is -1.54. The molecule has 0 aromatic carbocycles. The number of hydrogen-bond acceptors (Lipinski definition) is 3. The lowest BCUT2D eigenvalue weighted by Gasteiger charge is -2.11. The van der Waals surface area contributed by atoms with E-state index in [0.717, 1.165) is 12.8 Å². The fraction of sp³-hybridized carbons (Fsp3) is 0.636. The molecule has 0 saturated heterocycles. The third-order valence-electron chi connectivity index (χ3n) is 2.05. The van der Waals surface area contributed by atoms with Crippen molar-refractivity contribution in [1.82, 2.24) is 0 Å². The van der Waals surface area contributed by atoms with E-state index in [0.29, 0.717) is 0 Å². The quantitative estimate of drug-likeness (QED) is 0.579. The zero-order valence-corrected chi connectivity index (χ0v) is 9.27. The molecule has 0 aliphatic carbocycles. The van der Waals surface area contributed by atoms with Crippen molar-refractivity contribution in [3.63, 3.8) is 0 Å². The molecule has 4 N–H and O–H groups in total. The molecule has 0 saturated carbocycles. The average Bonchev–Trinajstić information content (AvgIpc) is 2.21. The van der Waals surface area contributed by atoms with Gasteiger partial charge in [-0.2, -0.15) is 0 Å². The van der Waals surface area contributed by atoms with Gasteiger partial charge in [0, 0.05) is 12.8 Å². The van der Waals surface area contributed by atoms with Crippen LogP contribution >= 0.6 is 0 Å². The van der Waals surface area contributed by atoms with Gasteiger partial charge in [0.2, 0.25) is 0 Å². The van der Waals surface area contributed by atoms with Crippen molar-refractivity contribution in [3.05, 3.63) is 0 Å². The summed E-state index contributed by atoms with van der Waals surface area (Å²) < 4.78 is 0. The SMILES string of the molecule is CCCC#CC[C@H](C[C@H](N)C(=O)O)C(=O)O. The molecule has 0 rings (SSSR count). The minimum atomic E-state index is -1.19. The lowest BCUT2D eigenvalue weighted by Crippen LogP contribution is -2.34. The van der Waals surface area contributed by atoms with Crippen LogP contribution in [0.5, 0.6) is 0 Å². The third-order valence-corrected chi connectivity index (χ3v) is 2.05. The predicted octanol–water partition coefficient (Wildman–Crippen LogP) is 0.683. The van der Waals surface area contributed by atoms with Crippen molar-refractivity contribution in [2.24, 2.45) is 11.7 Å². The van der Waals surface area contributed by atoms with Crippen LogP contribution in [0.15, 0.2) is 0 Å². The highest BCUT2D eigenvalue weighted by atomic mass is 16.4. The molecule has 0 heterocycles. The van der Waals surface area contributed by atoms with E-state index in [9.17, 15) is 9.59 Å². The number of nitrogens with two attached hydrogens (primary N) is 1. The van der Waals surface area contributed by atoms with Crippen LogP contribution in [-0.4, -0.2) is 28.2 Å². The number of carbonyl (C=O) groups is 2. The summed E-state index contributed by atoms with van der Waals surface area (Å²) in [5, 5.41) is 17.4. The summed E-state index contributed by atoms with van der Waals surface area (Å²) >= 11 is 0. The molecule has 0 amide bonds. The first kappa shape index (κ1) is 14.5. The fourth-order valence-electron chi connectivity index (χ4n) is 1.09. The Labute approximate surface area is 94.6 Å². The number of unbranched alkanes of at least 4 members (excludes halogenated alkanes) is 1. The smallest absolute Gasteiger partial charge is 0.320 e. The van der Waals surface area contributed by atoms with E-state index in [4.69, 9.17) is 15.9 Å². The largest absolute Gasteiger partial charge is 0.481 e. The van der Waals surface area contributed by atoms with Gasteiger partial charge >= 0.3 is 11.9 Å². The van der Waals surface area contributed by atoms with Gasteiger partial charge in [-0.3, -0.25) is 9.59 Å². The van der Waals surface area contributed by atoms with Gasteiger partial charge in [-0.25, -0.2) is 0 Å². The van der Waals surface area contributed by atoms with E-state index in [1.165, 1.54) is 0 Å². The first-order valence-electron chi connectivity index (χ1n) is 5.16. The van der Waals surface area contributed by atoms with Gasteiger partial charge in [0.1, 0.15) is 6.04 Å². The molecule has 0 spiro atoms. The summed E-state index contributed by atoms with van der Waals surface area (Å²) in [6, 6.07) is -1.14. The van der Waals surface area contributed by atoms with Crippen molar-refractivity contribution >= 4 is 11.9 Å². The highest BCUT2D eigenvalue weighted by Gasteiger charge is 2.23. The summed E-state index contributed by atoms with van der Waals surface area (Å²) in [7, 11) is 0. The second-order valence-electron chi connectivity index (χ2n) is 3.52. The van der Waals surface area contributed by atoms with Gasteiger partial charge in [0.15, 0.2) is 0 Å². The van der Waals surface area contributed by atoms with Crippen LogP contribution in [0.3, 0.4) is 0 Å². The third kappa shape index (κ3) is 6.04. The highest BCUT2D eigenvalue weighted by molar-refractivity contribution is 5.76. The van der Waals surface area contributed by atoms with Crippen LogP contribution in [0.2, 0.25) is 0 Å². The van der Waals surface area contributed by atoms with Crippen molar-refractivity contribution in [2.75, 3.05) is 0 Å². The Kier molecular flexibility index (Phi) is 6.97. The first-order chi connectivity index (χ1) is 7.49. The number of hydrogen-bond donors (Lipinski definition) is 3. The molecule has 90 valence electrons. The van der Waals surface area contributed by atoms with Gasteiger partial charge in [0.25, 0.3) is 0 Å². The summed E-state index contributed by atoms with van der Waals surface area (Å²) in [4.78, 5) is 21.3.